The van der Waals surface area contributed by atoms with Gasteiger partial charge in [-0.25, -0.2) is 0 Å². The van der Waals surface area contributed by atoms with Crippen LogP contribution < -0.4 is 10.6 Å². The van der Waals surface area contributed by atoms with E-state index >= 15 is 0 Å². The molecule has 100 valence electrons. The maximum absolute atomic E-state index is 5.88. The van der Waals surface area contributed by atoms with Crippen LogP contribution in [0.3, 0.4) is 0 Å². The fraction of sp³-hybridized carbons (Fsp3) is 0.600. The summed E-state index contributed by atoms with van der Waals surface area (Å²) in [6, 6.07) is 9.21. The van der Waals surface area contributed by atoms with Crippen molar-refractivity contribution in [1.82, 2.24) is 0 Å². The average molecular weight is 248 g/mol. The molecule has 3 heteroatoms. The number of hydrogen-bond donors (Lipinski definition) is 1. The summed E-state index contributed by atoms with van der Waals surface area (Å²) in [5.74, 6) is 0. The van der Waals surface area contributed by atoms with Crippen molar-refractivity contribution in [2.45, 2.75) is 45.4 Å². The lowest BCUT2D eigenvalue weighted by Crippen LogP contribution is -2.48. The van der Waals surface area contributed by atoms with E-state index in [9.17, 15) is 0 Å². The summed E-state index contributed by atoms with van der Waals surface area (Å²) in [5, 5.41) is 0. The lowest BCUT2D eigenvalue weighted by atomic mass is 10.1. The second-order valence-corrected chi connectivity index (χ2v) is 5.24. The van der Waals surface area contributed by atoms with Crippen molar-refractivity contribution in [3.63, 3.8) is 0 Å². The molecule has 1 aliphatic rings. The third-order valence-electron chi connectivity index (χ3n) is 3.69. The number of hydrogen-bond acceptors (Lipinski definition) is 3. The average Bonchev–Trinajstić information content (AvgIpc) is 2.39. The summed E-state index contributed by atoms with van der Waals surface area (Å²) in [7, 11) is 0. The van der Waals surface area contributed by atoms with Crippen LogP contribution in [-0.2, 0) is 4.74 Å². The van der Waals surface area contributed by atoms with E-state index in [1.54, 1.807) is 0 Å². The Morgan fingerprint density at radius 2 is 2.06 bits per heavy atom. The van der Waals surface area contributed by atoms with E-state index < -0.39 is 0 Å². The molecule has 0 aliphatic carbocycles. The monoisotopic (exact) mass is 248 g/mol. The predicted molar refractivity (Wildman–Crippen MR) is 75.9 cm³/mol. The summed E-state index contributed by atoms with van der Waals surface area (Å²) in [5.41, 5.74) is 8.35. The third-order valence-corrected chi connectivity index (χ3v) is 3.69. The highest BCUT2D eigenvalue weighted by molar-refractivity contribution is 5.49. The molecule has 3 nitrogen and oxygen atoms in total. The van der Waals surface area contributed by atoms with Crippen molar-refractivity contribution in [3.8, 4) is 0 Å². The van der Waals surface area contributed by atoms with Crippen LogP contribution in [0.5, 0.6) is 0 Å². The van der Waals surface area contributed by atoms with E-state index in [4.69, 9.17) is 10.5 Å². The third kappa shape index (κ3) is 2.85. The van der Waals surface area contributed by atoms with Gasteiger partial charge in [0.15, 0.2) is 0 Å². The van der Waals surface area contributed by atoms with Gasteiger partial charge >= 0.3 is 0 Å². The number of rotatable bonds is 3. The molecule has 18 heavy (non-hydrogen) atoms. The first kappa shape index (κ1) is 13.4. The van der Waals surface area contributed by atoms with Crippen molar-refractivity contribution in [3.05, 3.63) is 29.8 Å². The van der Waals surface area contributed by atoms with E-state index in [0.717, 1.165) is 19.6 Å². The van der Waals surface area contributed by atoms with Gasteiger partial charge in [-0.2, -0.15) is 0 Å². The number of anilines is 1. The number of morpholine rings is 1. The molecule has 2 rings (SSSR count). The van der Waals surface area contributed by atoms with Crippen molar-refractivity contribution < 1.29 is 4.74 Å². The first-order valence-corrected chi connectivity index (χ1v) is 6.85. The van der Waals surface area contributed by atoms with Gasteiger partial charge < -0.3 is 15.4 Å². The summed E-state index contributed by atoms with van der Waals surface area (Å²) in [6.07, 6.45) is 1.42. The zero-order valence-corrected chi connectivity index (χ0v) is 11.6. The van der Waals surface area contributed by atoms with Gasteiger partial charge in [0.2, 0.25) is 0 Å². The number of benzene rings is 1. The van der Waals surface area contributed by atoms with Crippen molar-refractivity contribution in [2.24, 2.45) is 5.73 Å². The molecule has 3 atom stereocenters. The van der Waals surface area contributed by atoms with Crippen LogP contribution in [0.2, 0.25) is 0 Å². The summed E-state index contributed by atoms with van der Waals surface area (Å²) >= 11 is 0. The van der Waals surface area contributed by atoms with Crippen LogP contribution in [0.15, 0.2) is 24.3 Å². The second-order valence-electron chi connectivity index (χ2n) is 5.24. The van der Waals surface area contributed by atoms with Gasteiger partial charge in [0, 0.05) is 18.3 Å². The molecule has 0 radical (unpaired) electrons. The SMILES string of the molecule is CCC1COC(C)CN1c1ccc(C(C)N)cc1. The van der Waals surface area contributed by atoms with Gasteiger partial charge in [0.05, 0.1) is 18.8 Å². The highest BCUT2D eigenvalue weighted by Gasteiger charge is 2.25. The first-order valence-electron chi connectivity index (χ1n) is 6.85. The molecule has 0 amide bonds. The number of nitrogens with zero attached hydrogens (tertiary/aromatic N) is 1. The fourth-order valence-electron chi connectivity index (χ4n) is 2.47. The molecule has 0 bridgehead atoms. The highest BCUT2D eigenvalue weighted by atomic mass is 16.5. The molecule has 1 heterocycles. The van der Waals surface area contributed by atoms with E-state index in [1.807, 2.05) is 6.92 Å². The standard InChI is InChI=1S/C15H24N2O/c1-4-14-10-18-11(2)9-17(14)15-7-5-13(6-8-15)12(3)16/h5-8,11-12,14H,4,9-10,16H2,1-3H3. The van der Waals surface area contributed by atoms with E-state index in [1.165, 1.54) is 11.3 Å². The number of ether oxygens (including phenoxy) is 1. The van der Waals surface area contributed by atoms with Crippen molar-refractivity contribution >= 4 is 5.69 Å². The topological polar surface area (TPSA) is 38.5 Å². The van der Waals surface area contributed by atoms with Crippen LogP contribution in [0.25, 0.3) is 0 Å². The first-order chi connectivity index (χ1) is 8.61. The fourth-order valence-corrected chi connectivity index (χ4v) is 2.47. The minimum Gasteiger partial charge on any atom is -0.375 e. The normalized spacial score (nSPS) is 26.1. The molecule has 1 fully saturated rings. The van der Waals surface area contributed by atoms with Crippen LogP contribution in [0.4, 0.5) is 5.69 Å². The predicted octanol–water partition coefficient (Wildman–Crippen LogP) is 2.71. The Balaban J connectivity index is 2.17. The van der Waals surface area contributed by atoms with Crippen molar-refractivity contribution in [2.75, 3.05) is 18.1 Å². The molecular weight excluding hydrogens is 224 g/mol. The Morgan fingerprint density at radius 1 is 1.39 bits per heavy atom. The van der Waals surface area contributed by atoms with E-state index in [0.29, 0.717) is 12.1 Å². The maximum Gasteiger partial charge on any atom is 0.0723 e. The zero-order chi connectivity index (χ0) is 13.1. The Labute approximate surface area is 110 Å². The van der Waals surface area contributed by atoms with E-state index in [-0.39, 0.29) is 6.04 Å². The molecule has 0 aromatic heterocycles. The van der Waals surface area contributed by atoms with Gasteiger partial charge in [0.1, 0.15) is 0 Å². The summed E-state index contributed by atoms with van der Waals surface area (Å²) in [4.78, 5) is 2.46. The van der Waals surface area contributed by atoms with Gasteiger partial charge in [-0.3, -0.25) is 0 Å². The van der Waals surface area contributed by atoms with Gasteiger partial charge in [0.25, 0.3) is 0 Å². The Morgan fingerprint density at radius 3 is 2.61 bits per heavy atom. The summed E-state index contributed by atoms with van der Waals surface area (Å²) < 4.78 is 5.73. The van der Waals surface area contributed by atoms with Crippen LogP contribution in [0.1, 0.15) is 38.8 Å². The Kier molecular flexibility index (Phi) is 4.25. The van der Waals surface area contributed by atoms with Gasteiger partial charge in [-0.05, 0) is 38.0 Å². The Hall–Kier alpha value is -1.06. The van der Waals surface area contributed by atoms with E-state index in [2.05, 4.69) is 43.0 Å². The molecular formula is C15H24N2O. The molecule has 1 saturated heterocycles. The van der Waals surface area contributed by atoms with Gasteiger partial charge in [-0.15, -0.1) is 0 Å². The lowest BCUT2D eigenvalue weighted by Gasteiger charge is -2.40. The second kappa shape index (κ2) is 5.72. The molecule has 0 spiro atoms. The molecule has 2 N–H and O–H groups in total. The molecule has 3 unspecified atom stereocenters. The Bertz CT molecular complexity index is 375. The zero-order valence-electron chi connectivity index (χ0n) is 11.6. The molecule has 1 aromatic carbocycles. The lowest BCUT2D eigenvalue weighted by molar-refractivity contribution is 0.0299. The smallest absolute Gasteiger partial charge is 0.0723 e. The molecule has 1 aliphatic heterocycles. The minimum atomic E-state index is 0.102. The summed E-state index contributed by atoms with van der Waals surface area (Å²) in [6.45, 7) is 8.16. The minimum absolute atomic E-state index is 0.102. The van der Waals surface area contributed by atoms with Crippen molar-refractivity contribution in [1.29, 1.82) is 0 Å². The van der Waals surface area contributed by atoms with Crippen LogP contribution >= 0.6 is 0 Å². The maximum atomic E-state index is 5.88. The highest BCUT2D eigenvalue weighted by Crippen LogP contribution is 2.24. The molecule has 0 saturated carbocycles. The largest absolute Gasteiger partial charge is 0.375 e. The van der Waals surface area contributed by atoms with Crippen LogP contribution in [0, 0.1) is 0 Å². The van der Waals surface area contributed by atoms with Crippen LogP contribution in [-0.4, -0.2) is 25.3 Å². The molecule has 1 aromatic rings. The number of nitrogens with two attached hydrogens (primary N) is 1. The quantitative estimate of drug-likeness (QED) is 0.894. The van der Waals surface area contributed by atoms with Gasteiger partial charge in [-0.1, -0.05) is 19.1 Å².